The molecule has 3 aliphatic carbocycles. The maximum absolute atomic E-state index is 12.3. The number of aryl methyl sites for hydroxylation is 1. The molecule has 0 amide bonds. The third-order valence-electron chi connectivity index (χ3n) is 8.24. The molecular formula is C25H34O3. The Kier molecular flexibility index (Phi) is 5.05. The summed E-state index contributed by atoms with van der Waals surface area (Å²) in [5.74, 6) is 1.31. The highest BCUT2D eigenvalue weighted by Crippen LogP contribution is 2.68. The van der Waals surface area contributed by atoms with Crippen LogP contribution < -0.4 is 0 Å². The summed E-state index contributed by atoms with van der Waals surface area (Å²) in [4.78, 5) is 12.3. The second kappa shape index (κ2) is 7.24. The molecule has 2 saturated carbocycles. The molecular weight excluding hydrogens is 348 g/mol. The molecule has 1 aromatic rings. The number of unbranched alkanes of at least 4 members (excludes halogenated alkanes) is 1. The zero-order valence-corrected chi connectivity index (χ0v) is 17.4. The normalized spacial score (nSPS) is 36.1. The molecule has 0 spiro atoms. The Morgan fingerprint density at radius 3 is 2.89 bits per heavy atom. The molecule has 1 aromatic carbocycles. The van der Waals surface area contributed by atoms with Gasteiger partial charge >= 0.3 is 5.97 Å². The quantitative estimate of drug-likeness (QED) is 0.509. The predicted molar refractivity (Wildman–Crippen MR) is 111 cm³/mol. The molecule has 1 N–H and O–H groups in total. The van der Waals surface area contributed by atoms with Gasteiger partial charge in [0.1, 0.15) is 11.9 Å². The Balaban J connectivity index is 1.62. The van der Waals surface area contributed by atoms with Gasteiger partial charge in [-0.05, 0) is 85.5 Å². The Labute approximate surface area is 169 Å². The molecule has 3 nitrogen and oxygen atoms in total. The molecule has 0 radical (unpaired) electrons. The van der Waals surface area contributed by atoms with E-state index in [9.17, 15) is 9.90 Å². The van der Waals surface area contributed by atoms with Crippen molar-refractivity contribution in [3.8, 4) is 5.75 Å². The van der Waals surface area contributed by atoms with Crippen molar-refractivity contribution in [1.29, 1.82) is 0 Å². The van der Waals surface area contributed by atoms with E-state index in [2.05, 4.69) is 32.6 Å². The van der Waals surface area contributed by atoms with Gasteiger partial charge in [-0.2, -0.15) is 0 Å². The number of aromatic hydroxyl groups is 1. The molecule has 0 bridgehead atoms. The average molecular weight is 383 g/mol. The zero-order valence-electron chi connectivity index (χ0n) is 17.4. The van der Waals surface area contributed by atoms with Crippen molar-refractivity contribution < 1.29 is 14.6 Å². The Bertz CT molecular complexity index is 769. The van der Waals surface area contributed by atoms with Gasteiger partial charge in [0.2, 0.25) is 0 Å². The Morgan fingerprint density at radius 1 is 1.32 bits per heavy atom. The number of phenolic OH excluding ortho intramolecular Hbond substituents is 1. The van der Waals surface area contributed by atoms with Crippen molar-refractivity contribution in [3.63, 3.8) is 0 Å². The van der Waals surface area contributed by atoms with Crippen molar-refractivity contribution in [1.82, 2.24) is 0 Å². The number of hydrogen-bond donors (Lipinski definition) is 1. The topological polar surface area (TPSA) is 46.5 Å². The minimum atomic E-state index is -0.0204. The number of allylic oxidation sites excluding steroid dienone is 1. The van der Waals surface area contributed by atoms with E-state index in [0.29, 0.717) is 24.0 Å². The fourth-order valence-corrected chi connectivity index (χ4v) is 6.80. The van der Waals surface area contributed by atoms with Crippen LogP contribution in [-0.4, -0.2) is 17.2 Å². The number of carbonyl (C=O) groups is 1. The summed E-state index contributed by atoms with van der Waals surface area (Å²) < 4.78 is 6.03. The van der Waals surface area contributed by atoms with Crippen molar-refractivity contribution in [2.75, 3.05) is 0 Å². The lowest BCUT2D eigenvalue weighted by Gasteiger charge is -2.57. The third kappa shape index (κ3) is 2.89. The van der Waals surface area contributed by atoms with E-state index in [4.69, 9.17) is 4.74 Å². The molecule has 152 valence electrons. The van der Waals surface area contributed by atoms with E-state index in [1.54, 1.807) is 0 Å². The van der Waals surface area contributed by atoms with Gasteiger partial charge in [0.05, 0.1) is 0 Å². The van der Waals surface area contributed by atoms with Crippen LogP contribution in [0.5, 0.6) is 5.75 Å². The lowest BCUT2D eigenvalue weighted by atomic mass is 9.47. The van der Waals surface area contributed by atoms with Gasteiger partial charge in [-0.1, -0.05) is 32.4 Å². The van der Waals surface area contributed by atoms with E-state index >= 15 is 0 Å². The van der Waals surface area contributed by atoms with Crippen molar-refractivity contribution in [2.24, 2.45) is 16.7 Å². The van der Waals surface area contributed by atoms with Crippen molar-refractivity contribution >= 4 is 5.97 Å². The fraction of sp³-hybridized carbons (Fsp3) is 0.640. The standard InChI is InChI=1S/C25H34O3/c1-4-6-7-23(27)28-22-11-10-21-24(22,3)14-13-20-19-9-8-18(26)16-17(19)12-15-25(20,21)5-2/h5,8-9,16,20-22,26H,2,4,6-7,10-15H2,1,3H3/t20-,21-,22+,24+,25-/m1/s1. The summed E-state index contributed by atoms with van der Waals surface area (Å²) in [7, 11) is 0. The highest BCUT2D eigenvalue weighted by atomic mass is 16.5. The van der Waals surface area contributed by atoms with E-state index in [1.165, 1.54) is 11.1 Å². The van der Waals surface area contributed by atoms with Gasteiger partial charge in [-0.25, -0.2) is 0 Å². The molecule has 2 fully saturated rings. The van der Waals surface area contributed by atoms with Gasteiger partial charge in [0.15, 0.2) is 0 Å². The number of rotatable bonds is 5. The first-order chi connectivity index (χ1) is 13.4. The monoisotopic (exact) mass is 382 g/mol. The largest absolute Gasteiger partial charge is 0.508 e. The van der Waals surface area contributed by atoms with E-state index in [-0.39, 0.29) is 22.9 Å². The second-order valence-electron chi connectivity index (χ2n) is 9.51. The average Bonchev–Trinajstić information content (AvgIpc) is 3.02. The minimum Gasteiger partial charge on any atom is -0.508 e. The van der Waals surface area contributed by atoms with Gasteiger partial charge in [-0.3, -0.25) is 4.79 Å². The van der Waals surface area contributed by atoms with Crippen LogP contribution in [0.3, 0.4) is 0 Å². The summed E-state index contributed by atoms with van der Waals surface area (Å²) in [6, 6.07) is 5.91. The molecule has 5 atom stereocenters. The van der Waals surface area contributed by atoms with Gasteiger partial charge < -0.3 is 9.84 Å². The van der Waals surface area contributed by atoms with Gasteiger partial charge in [-0.15, -0.1) is 6.58 Å². The SMILES string of the molecule is C=C[C@@]12CCc3cc(O)ccc3[C@H]1CC[C@]1(C)[C@@H](OC(=O)CCCC)CC[C@H]12. The zero-order chi connectivity index (χ0) is 19.9. The van der Waals surface area contributed by atoms with Crippen LogP contribution in [0.15, 0.2) is 30.9 Å². The summed E-state index contributed by atoms with van der Waals surface area (Å²) in [5.41, 5.74) is 2.81. The highest BCUT2D eigenvalue weighted by Gasteiger charge is 2.61. The number of phenols is 1. The first-order valence-electron chi connectivity index (χ1n) is 11.1. The Morgan fingerprint density at radius 2 is 2.14 bits per heavy atom. The van der Waals surface area contributed by atoms with E-state index in [0.717, 1.165) is 51.4 Å². The first kappa shape index (κ1) is 19.5. The highest BCUT2D eigenvalue weighted by molar-refractivity contribution is 5.69. The second-order valence-corrected chi connectivity index (χ2v) is 9.51. The van der Waals surface area contributed by atoms with Crippen LogP contribution in [-0.2, 0) is 16.0 Å². The summed E-state index contributed by atoms with van der Waals surface area (Å²) in [5, 5.41) is 9.91. The number of esters is 1. The molecule has 28 heavy (non-hydrogen) atoms. The van der Waals surface area contributed by atoms with Crippen LogP contribution >= 0.6 is 0 Å². The van der Waals surface area contributed by atoms with E-state index in [1.807, 2.05) is 12.1 Å². The smallest absolute Gasteiger partial charge is 0.306 e. The maximum Gasteiger partial charge on any atom is 0.306 e. The van der Waals surface area contributed by atoms with Crippen LogP contribution in [0.2, 0.25) is 0 Å². The number of benzene rings is 1. The number of fused-ring (bicyclic) bond motifs is 5. The molecule has 3 aliphatic rings. The maximum atomic E-state index is 12.3. The number of hydrogen-bond acceptors (Lipinski definition) is 3. The van der Waals surface area contributed by atoms with Crippen LogP contribution in [0, 0.1) is 16.7 Å². The fourth-order valence-electron chi connectivity index (χ4n) is 6.80. The molecule has 0 heterocycles. The van der Waals surface area contributed by atoms with Crippen molar-refractivity contribution in [2.45, 2.75) is 83.7 Å². The summed E-state index contributed by atoms with van der Waals surface area (Å²) in [6.45, 7) is 8.78. The summed E-state index contributed by atoms with van der Waals surface area (Å²) in [6.07, 6.45) is 11.1. The number of ether oxygens (including phenoxy) is 1. The molecule has 0 saturated heterocycles. The van der Waals surface area contributed by atoms with Crippen LogP contribution in [0.4, 0.5) is 0 Å². The van der Waals surface area contributed by atoms with Crippen LogP contribution in [0.25, 0.3) is 0 Å². The minimum absolute atomic E-state index is 0.0204. The summed E-state index contributed by atoms with van der Waals surface area (Å²) >= 11 is 0. The molecule has 0 aromatic heterocycles. The molecule has 0 aliphatic heterocycles. The molecule has 4 rings (SSSR count). The lowest BCUT2D eigenvalue weighted by Crippen LogP contribution is -2.51. The molecule has 3 heteroatoms. The van der Waals surface area contributed by atoms with Gasteiger partial charge in [0.25, 0.3) is 0 Å². The van der Waals surface area contributed by atoms with Crippen molar-refractivity contribution in [3.05, 3.63) is 42.0 Å². The first-order valence-corrected chi connectivity index (χ1v) is 11.1. The van der Waals surface area contributed by atoms with Gasteiger partial charge in [0, 0.05) is 11.8 Å². The number of carbonyl (C=O) groups excluding carboxylic acids is 1. The van der Waals surface area contributed by atoms with Crippen LogP contribution in [0.1, 0.15) is 82.3 Å². The third-order valence-corrected chi connectivity index (χ3v) is 8.24. The predicted octanol–water partition coefficient (Wildman–Crippen LogP) is 5.91. The van der Waals surface area contributed by atoms with E-state index < -0.39 is 0 Å². The Hall–Kier alpha value is -1.77. The molecule has 0 unspecified atom stereocenters. The lowest BCUT2D eigenvalue weighted by molar-refractivity contribution is -0.159.